The maximum atomic E-state index is 9.27. The minimum Gasteiger partial charge on any atom is -0.382 e. The van der Waals surface area contributed by atoms with E-state index < -0.39 is 0 Å². The van der Waals surface area contributed by atoms with Crippen molar-refractivity contribution in [2.45, 2.75) is 91.0 Å². The molecule has 1 N–H and O–H groups in total. The largest absolute Gasteiger partial charge is 0.382 e. The Morgan fingerprint density at radius 2 is 1.87 bits per heavy atom. The SMILES string of the molecule is C[C@H]1CC[C@@H]2C3CC[C@@]4(C)C(CCC[C@@H]4[C@H](C)Nc4cccc(C#N)c4)[C@@H]3CC[C@@H]2C1. The van der Waals surface area contributed by atoms with Gasteiger partial charge in [0.2, 0.25) is 0 Å². The summed E-state index contributed by atoms with van der Waals surface area (Å²) < 4.78 is 0. The van der Waals surface area contributed by atoms with Gasteiger partial charge in [-0.25, -0.2) is 0 Å². The molecule has 4 aliphatic carbocycles. The van der Waals surface area contributed by atoms with Crippen molar-refractivity contribution in [1.29, 1.82) is 5.26 Å². The summed E-state index contributed by atoms with van der Waals surface area (Å²) >= 11 is 0. The van der Waals surface area contributed by atoms with Gasteiger partial charge in [-0.1, -0.05) is 32.8 Å². The quantitative estimate of drug-likeness (QED) is 0.547. The van der Waals surface area contributed by atoms with Gasteiger partial charge in [0, 0.05) is 11.7 Å². The first kappa shape index (κ1) is 21.4. The number of nitrogens with one attached hydrogen (secondary N) is 1. The minimum atomic E-state index is 0.463. The van der Waals surface area contributed by atoms with Crippen molar-refractivity contribution < 1.29 is 0 Å². The van der Waals surface area contributed by atoms with Crippen molar-refractivity contribution in [2.24, 2.45) is 46.8 Å². The molecule has 0 spiro atoms. The van der Waals surface area contributed by atoms with Crippen LogP contribution in [0.15, 0.2) is 24.3 Å². The first-order valence-electron chi connectivity index (χ1n) is 13.3. The van der Waals surface area contributed by atoms with Crippen LogP contribution in [0.4, 0.5) is 5.69 Å². The van der Waals surface area contributed by atoms with Crippen LogP contribution >= 0.6 is 0 Å². The maximum Gasteiger partial charge on any atom is 0.0992 e. The van der Waals surface area contributed by atoms with Gasteiger partial charge in [-0.3, -0.25) is 0 Å². The van der Waals surface area contributed by atoms with Crippen LogP contribution in [0.2, 0.25) is 0 Å². The Labute approximate surface area is 190 Å². The van der Waals surface area contributed by atoms with Crippen LogP contribution in [-0.2, 0) is 0 Å². The summed E-state index contributed by atoms with van der Waals surface area (Å²) in [5, 5.41) is 13.1. The lowest BCUT2D eigenvalue weighted by Crippen LogP contribution is -2.55. The molecule has 4 saturated carbocycles. The van der Waals surface area contributed by atoms with Crippen molar-refractivity contribution >= 4 is 5.69 Å². The topological polar surface area (TPSA) is 35.8 Å². The molecule has 2 heteroatoms. The Morgan fingerprint density at radius 3 is 2.71 bits per heavy atom. The minimum absolute atomic E-state index is 0.463. The molecule has 0 saturated heterocycles. The lowest BCUT2D eigenvalue weighted by molar-refractivity contribution is -0.112. The number of nitriles is 1. The Balaban J connectivity index is 1.33. The van der Waals surface area contributed by atoms with E-state index in [0.29, 0.717) is 11.5 Å². The summed E-state index contributed by atoms with van der Waals surface area (Å²) in [4.78, 5) is 0. The number of nitrogens with zero attached hydrogens (tertiary/aromatic N) is 1. The maximum absolute atomic E-state index is 9.27. The van der Waals surface area contributed by atoms with Gasteiger partial charge in [-0.15, -0.1) is 0 Å². The standard InChI is InChI=1S/C29H42N2/c1-19-10-12-24-22(16-19)11-13-26-25(24)14-15-29(3)27(8-5-9-28(26)29)20(2)31-23-7-4-6-21(17-23)18-30/h4,6-7,17,19-20,22,24-28,31H,5,8-16H2,1-3H3/t19-,20-,22+,24-,25?,26+,27+,28?,29+/m0/s1. The molecule has 2 unspecified atom stereocenters. The number of rotatable bonds is 3. The Morgan fingerprint density at radius 1 is 1.03 bits per heavy atom. The third-order valence-corrected chi connectivity index (χ3v) is 10.5. The summed E-state index contributed by atoms with van der Waals surface area (Å²) in [6.07, 6.45) is 14.7. The molecular weight excluding hydrogens is 376 g/mol. The molecule has 0 radical (unpaired) electrons. The third kappa shape index (κ3) is 3.81. The molecular formula is C29H42N2. The number of benzene rings is 1. The second-order valence-corrected chi connectivity index (χ2v) is 12.1. The molecule has 1 aromatic rings. The molecule has 168 valence electrons. The van der Waals surface area contributed by atoms with E-state index >= 15 is 0 Å². The zero-order chi connectivity index (χ0) is 21.6. The van der Waals surface area contributed by atoms with Crippen molar-refractivity contribution in [1.82, 2.24) is 0 Å². The van der Waals surface area contributed by atoms with Crippen LogP contribution in [0.5, 0.6) is 0 Å². The van der Waals surface area contributed by atoms with Crippen LogP contribution < -0.4 is 5.32 Å². The van der Waals surface area contributed by atoms with Crippen molar-refractivity contribution in [3.63, 3.8) is 0 Å². The normalized spacial score (nSPS) is 43.0. The van der Waals surface area contributed by atoms with Gasteiger partial charge in [0.25, 0.3) is 0 Å². The molecule has 0 aromatic heterocycles. The Bertz CT molecular complexity index is 824. The number of anilines is 1. The number of hydrogen-bond acceptors (Lipinski definition) is 2. The first-order chi connectivity index (χ1) is 15.0. The molecule has 0 aliphatic heterocycles. The van der Waals surface area contributed by atoms with E-state index in [9.17, 15) is 5.26 Å². The van der Waals surface area contributed by atoms with Gasteiger partial charge in [0.05, 0.1) is 11.6 Å². The Kier molecular flexibility index (Phi) is 5.83. The smallest absolute Gasteiger partial charge is 0.0992 e. The summed E-state index contributed by atoms with van der Waals surface area (Å²) in [5.41, 5.74) is 2.35. The highest BCUT2D eigenvalue weighted by Crippen LogP contribution is 2.63. The van der Waals surface area contributed by atoms with Crippen molar-refractivity contribution in [3.8, 4) is 6.07 Å². The highest BCUT2D eigenvalue weighted by atomic mass is 14.9. The van der Waals surface area contributed by atoms with Crippen molar-refractivity contribution in [3.05, 3.63) is 29.8 Å². The molecule has 4 aliphatic rings. The van der Waals surface area contributed by atoms with E-state index in [1.807, 2.05) is 18.2 Å². The number of hydrogen-bond donors (Lipinski definition) is 1. The first-order valence-corrected chi connectivity index (χ1v) is 13.3. The molecule has 2 nitrogen and oxygen atoms in total. The van der Waals surface area contributed by atoms with Crippen LogP contribution in [0.1, 0.15) is 90.5 Å². The van der Waals surface area contributed by atoms with Gasteiger partial charge in [-0.2, -0.15) is 5.26 Å². The average Bonchev–Trinajstić information content (AvgIpc) is 2.77. The van der Waals surface area contributed by atoms with E-state index in [-0.39, 0.29) is 0 Å². The van der Waals surface area contributed by atoms with Crippen LogP contribution in [0.25, 0.3) is 0 Å². The predicted octanol–water partition coefficient (Wildman–Crippen LogP) is 7.65. The molecule has 0 heterocycles. The lowest BCUT2D eigenvalue weighted by Gasteiger charge is -2.61. The second kappa shape index (κ2) is 8.46. The van der Waals surface area contributed by atoms with Gasteiger partial charge in [-0.05, 0) is 123 Å². The Hall–Kier alpha value is -1.49. The predicted molar refractivity (Wildman–Crippen MR) is 129 cm³/mol. The molecule has 1 aromatic carbocycles. The van der Waals surface area contributed by atoms with Gasteiger partial charge in [0.1, 0.15) is 0 Å². The zero-order valence-electron chi connectivity index (χ0n) is 19.9. The average molecular weight is 419 g/mol. The van der Waals surface area contributed by atoms with Gasteiger partial charge >= 0.3 is 0 Å². The molecule has 5 rings (SSSR count). The molecule has 9 atom stereocenters. The summed E-state index contributed by atoms with van der Waals surface area (Å²) in [6, 6.07) is 10.8. The molecule has 0 bridgehead atoms. The summed E-state index contributed by atoms with van der Waals surface area (Å²) in [5.74, 6) is 6.74. The third-order valence-electron chi connectivity index (χ3n) is 10.5. The van der Waals surface area contributed by atoms with Gasteiger partial charge < -0.3 is 5.32 Å². The molecule has 0 amide bonds. The second-order valence-electron chi connectivity index (χ2n) is 12.1. The molecule has 31 heavy (non-hydrogen) atoms. The summed E-state index contributed by atoms with van der Waals surface area (Å²) in [7, 11) is 0. The highest BCUT2D eigenvalue weighted by molar-refractivity contribution is 5.49. The fourth-order valence-corrected chi connectivity index (χ4v) is 9.19. The summed E-state index contributed by atoms with van der Waals surface area (Å²) in [6.45, 7) is 7.56. The fourth-order valence-electron chi connectivity index (χ4n) is 9.19. The van der Waals surface area contributed by atoms with Crippen LogP contribution in [0.3, 0.4) is 0 Å². The monoisotopic (exact) mass is 418 g/mol. The van der Waals surface area contributed by atoms with Crippen molar-refractivity contribution in [2.75, 3.05) is 5.32 Å². The lowest BCUT2D eigenvalue weighted by atomic mass is 9.44. The van der Waals surface area contributed by atoms with E-state index in [0.717, 1.165) is 52.7 Å². The number of fused-ring (bicyclic) bond motifs is 5. The van der Waals surface area contributed by atoms with E-state index in [2.05, 4.69) is 38.2 Å². The fraction of sp³-hybridized carbons (Fsp3) is 0.759. The van der Waals surface area contributed by atoms with E-state index in [1.54, 1.807) is 0 Å². The van der Waals surface area contributed by atoms with E-state index in [1.165, 1.54) is 64.2 Å². The van der Waals surface area contributed by atoms with E-state index in [4.69, 9.17) is 0 Å². The zero-order valence-corrected chi connectivity index (χ0v) is 19.9. The van der Waals surface area contributed by atoms with Gasteiger partial charge in [0.15, 0.2) is 0 Å². The highest BCUT2D eigenvalue weighted by Gasteiger charge is 2.56. The van der Waals surface area contributed by atoms with Crippen LogP contribution in [-0.4, -0.2) is 6.04 Å². The molecule has 4 fully saturated rings. The van der Waals surface area contributed by atoms with Crippen LogP contribution in [0, 0.1) is 58.2 Å².